The molecule has 0 bridgehead atoms. The van der Waals surface area contributed by atoms with Gasteiger partial charge in [0.05, 0.1) is 43.6 Å². The van der Waals surface area contributed by atoms with Crippen molar-refractivity contribution in [3.8, 4) is 17.0 Å². The van der Waals surface area contributed by atoms with Crippen molar-refractivity contribution in [1.82, 2.24) is 9.97 Å². The highest BCUT2D eigenvalue weighted by Crippen LogP contribution is 2.35. The van der Waals surface area contributed by atoms with Crippen molar-refractivity contribution >= 4 is 40.3 Å². The summed E-state index contributed by atoms with van der Waals surface area (Å²) in [7, 11) is 1.55. The molecule has 0 atom stereocenters. The van der Waals surface area contributed by atoms with Gasteiger partial charge in [-0.25, -0.2) is 9.97 Å². The van der Waals surface area contributed by atoms with Crippen molar-refractivity contribution in [3.05, 3.63) is 91.6 Å². The minimum Gasteiger partial charge on any atom is -0.495 e. The summed E-state index contributed by atoms with van der Waals surface area (Å²) in [6.07, 6.45) is 2.96. The van der Waals surface area contributed by atoms with E-state index in [-0.39, 0.29) is 5.91 Å². The summed E-state index contributed by atoms with van der Waals surface area (Å²) < 4.78 is 10.9. The second kappa shape index (κ2) is 12.1. The first-order chi connectivity index (χ1) is 19.1. The maximum Gasteiger partial charge on any atom is 0.247 e. The van der Waals surface area contributed by atoms with Gasteiger partial charge in [0.25, 0.3) is 0 Å². The molecule has 0 radical (unpaired) electrons. The number of rotatable bonds is 9. The van der Waals surface area contributed by atoms with Gasteiger partial charge in [0.15, 0.2) is 0 Å². The number of carbonyl (C=O) groups excluding carboxylic acids is 1. The minimum atomic E-state index is -0.335. The molecule has 198 valence electrons. The highest BCUT2D eigenvalue weighted by molar-refractivity contribution is 6.00. The predicted octanol–water partition coefficient (Wildman–Crippen LogP) is 5.60. The van der Waals surface area contributed by atoms with E-state index in [1.54, 1.807) is 19.4 Å². The number of hydrogen-bond acceptors (Lipinski definition) is 8. The fraction of sp³-hybridized carbons (Fsp3) is 0.167. The van der Waals surface area contributed by atoms with Crippen LogP contribution in [0.25, 0.3) is 11.3 Å². The standard InChI is InChI=1S/C30H30N6O3/c1-3-28(37)34-25-18-21(12-13-27(25)38-2)29-26(32-22-8-5-4-6-9-22)20-31-30(35-29)33-23-10-7-11-24(19-23)36-14-16-39-17-15-36/h3-13,18-20,32H,1,14-17H2,2H3,(H,34,37)(H,31,33,35). The number of amides is 1. The highest BCUT2D eigenvalue weighted by atomic mass is 16.5. The number of benzene rings is 3. The molecule has 3 aromatic carbocycles. The van der Waals surface area contributed by atoms with Crippen molar-refractivity contribution in [3.63, 3.8) is 0 Å². The molecule has 1 amide bonds. The Kier molecular flexibility index (Phi) is 7.99. The van der Waals surface area contributed by atoms with Gasteiger partial charge in [0.2, 0.25) is 11.9 Å². The third kappa shape index (κ3) is 6.34. The molecule has 1 aromatic heterocycles. The van der Waals surface area contributed by atoms with Crippen molar-refractivity contribution in [2.24, 2.45) is 0 Å². The Labute approximate surface area is 227 Å². The molecule has 1 fully saturated rings. The number of hydrogen-bond donors (Lipinski definition) is 3. The van der Waals surface area contributed by atoms with Crippen LogP contribution in [0.5, 0.6) is 5.75 Å². The number of ether oxygens (including phenoxy) is 2. The lowest BCUT2D eigenvalue weighted by molar-refractivity contribution is -0.111. The van der Waals surface area contributed by atoms with E-state index in [9.17, 15) is 4.79 Å². The average Bonchev–Trinajstić information content (AvgIpc) is 2.99. The SMILES string of the molecule is C=CC(=O)Nc1cc(-c2nc(Nc3cccc(N4CCOCC4)c3)ncc2Nc2ccccc2)ccc1OC. The number of carbonyl (C=O) groups is 1. The summed E-state index contributed by atoms with van der Waals surface area (Å²) in [5, 5.41) is 9.56. The number of para-hydroxylation sites is 1. The summed E-state index contributed by atoms with van der Waals surface area (Å²) in [5.74, 6) is 0.632. The van der Waals surface area contributed by atoms with Gasteiger partial charge in [0.1, 0.15) is 5.75 Å². The van der Waals surface area contributed by atoms with Crippen molar-refractivity contribution in [2.75, 3.05) is 54.3 Å². The zero-order valence-electron chi connectivity index (χ0n) is 21.7. The van der Waals surface area contributed by atoms with E-state index < -0.39 is 0 Å². The van der Waals surface area contributed by atoms with Crippen LogP contribution >= 0.6 is 0 Å². The topological polar surface area (TPSA) is 101 Å². The van der Waals surface area contributed by atoms with E-state index in [0.717, 1.165) is 48.9 Å². The molecular formula is C30H30N6O3. The van der Waals surface area contributed by atoms with E-state index in [1.807, 2.05) is 54.6 Å². The summed E-state index contributed by atoms with van der Waals surface area (Å²) in [4.78, 5) is 23.8. The van der Waals surface area contributed by atoms with Gasteiger partial charge >= 0.3 is 0 Å². The van der Waals surface area contributed by atoms with Crippen LogP contribution in [0.4, 0.5) is 34.4 Å². The number of nitrogens with zero attached hydrogens (tertiary/aromatic N) is 3. The van der Waals surface area contributed by atoms with Crippen LogP contribution in [0.2, 0.25) is 0 Å². The van der Waals surface area contributed by atoms with Crippen LogP contribution in [-0.4, -0.2) is 49.3 Å². The van der Waals surface area contributed by atoms with Crippen molar-refractivity contribution < 1.29 is 14.3 Å². The molecule has 1 aliphatic rings. The molecule has 0 saturated carbocycles. The zero-order valence-corrected chi connectivity index (χ0v) is 21.7. The predicted molar refractivity (Wildman–Crippen MR) is 155 cm³/mol. The molecule has 4 aromatic rings. The maximum atomic E-state index is 12.1. The summed E-state index contributed by atoms with van der Waals surface area (Å²) in [5.41, 5.74) is 5.52. The molecule has 3 N–H and O–H groups in total. The molecule has 0 aliphatic carbocycles. The van der Waals surface area contributed by atoms with Crippen LogP contribution in [0.1, 0.15) is 0 Å². The van der Waals surface area contributed by atoms with Gasteiger partial charge in [-0.1, -0.05) is 30.8 Å². The number of anilines is 6. The van der Waals surface area contributed by atoms with Gasteiger partial charge in [-0.3, -0.25) is 4.79 Å². The molecule has 9 heteroatoms. The smallest absolute Gasteiger partial charge is 0.247 e. The molecule has 1 aliphatic heterocycles. The second-order valence-corrected chi connectivity index (χ2v) is 8.83. The van der Waals surface area contributed by atoms with E-state index in [0.29, 0.717) is 28.8 Å². The van der Waals surface area contributed by atoms with Gasteiger partial charge in [0, 0.05) is 35.7 Å². The molecule has 1 saturated heterocycles. The number of morpholine rings is 1. The molecule has 5 rings (SSSR count). The summed E-state index contributed by atoms with van der Waals surface area (Å²) in [6, 6.07) is 23.5. The lowest BCUT2D eigenvalue weighted by Gasteiger charge is -2.29. The van der Waals surface area contributed by atoms with Crippen LogP contribution in [0.15, 0.2) is 91.6 Å². The third-order valence-corrected chi connectivity index (χ3v) is 6.24. The van der Waals surface area contributed by atoms with Gasteiger partial charge in [-0.05, 0) is 54.6 Å². The number of aromatic nitrogens is 2. The average molecular weight is 523 g/mol. The van der Waals surface area contributed by atoms with Gasteiger partial charge in [-0.15, -0.1) is 0 Å². The largest absolute Gasteiger partial charge is 0.495 e. The first-order valence-corrected chi connectivity index (χ1v) is 12.6. The Morgan fingerprint density at radius 3 is 2.54 bits per heavy atom. The van der Waals surface area contributed by atoms with Gasteiger partial charge < -0.3 is 30.3 Å². The molecular weight excluding hydrogens is 492 g/mol. The fourth-order valence-electron chi connectivity index (χ4n) is 4.30. The van der Waals surface area contributed by atoms with Crippen LogP contribution < -0.4 is 25.6 Å². The molecule has 39 heavy (non-hydrogen) atoms. The first-order valence-electron chi connectivity index (χ1n) is 12.6. The Balaban J connectivity index is 1.50. The van der Waals surface area contributed by atoms with Crippen LogP contribution in [0, 0.1) is 0 Å². The number of nitrogens with one attached hydrogen (secondary N) is 3. The van der Waals surface area contributed by atoms with Crippen molar-refractivity contribution in [1.29, 1.82) is 0 Å². The summed E-state index contributed by atoms with van der Waals surface area (Å²) >= 11 is 0. The molecule has 0 unspecified atom stereocenters. The maximum absolute atomic E-state index is 12.1. The molecule has 0 spiro atoms. The third-order valence-electron chi connectivity index (χ3n) is 6.24. The Hall–Kier alpha value is -4.89. The van der Waals surface area contributed by atoms with E-state index >= 15 is 0 Å². The zero-order chi connectivity index (χ0) is 27.0. The minimum absolute atomic E-state index is 0.335. The highest BCUT2D eigenvalue weighted by Gasteiger charge is 2.15. The second-order valence-electron chi connectivity index (χ2n) is 8.83. The van der Waals surface area contributed by atoms with Crippen LogP contribution in [-0.2, 0) is 9.53 Å². The Morgan fingerprint density at radius 2 is 1.77 bits per heavy atom. The first kappa shape index (κ1) is 25.7. The monoisotopic (exact) mass is 522 g/mol. The normalized spacial score (nSPS) is 12.9. The summed E-state index contributed by atoms with van der Waals surface area (Å²) in [6.45, 7) is 6.69. The quantitative estimate of drug-likeness (QED) is 0.244. The molecule has 2 heterocycles. The number of methoxy groups -OCH3 is 1. The Morgan fingerprint density at radius 1 is 0.974 bits per heavy atom. The van der Waals surface area contributed by atoms with Gasteiger partial charge in [-0.2, -0.15) is 0 Å². The fourth-order valence-corrected chi connectivity index (χ4v) is 4.30. The van der Waals surface area contributed by atoms with E-state index in [1.165, 1.54) is 6.08 Å². The van der Waals surface area contributed by atoms with Crippen molar-refractivity contribution in [2.45, 2.75) is 0 Å². The lowest BCUT2D eigenvalue weighted by Crippen LogP contribution is -2.36. The van der Waals surface area contributed by atoms with Crippen LogP contribution in [0.3, 0.4) is 0 Å². The van der Waals surface area contributed by atoms with E-state index in [4.69, 9.17) is 14.5 Å². The lowest BCUT2D eigenvalue weighted by atomic mass is 10.1. The molecule has 9 nitrogen and oxygen atoms in total. The Bertz CT molecular complexity index is 1450. The van der Waals surface area contributed by atoms with E-state index in [2.05, 4.69) is 44.5 Å².